The van der Waals surface area contributed by atoms with Gasteiger partial charge in [0.2, 0.25) is 5.89 Å². The summed E-state index contributed by atoms with van der Waals surface area (Å²) in [5.74, 6) is 0.590. The van der Waals surface area contributed by atoms with Gasteiger partial charge in [0.05, 0.1) is 12.7 Å². The smallest absolute Gasteiger partial charge is 0.414 e. The Bertz CT molecular complexity index is 411. The maximum absolute atomic E-state index is 12.4. The van der Waals surface area contributed by atoms with Crippen LogP contribution < -0.4 is 0 Å². The quantitative estimate of drug-likeness (QED) is 0.920. The molecule has 0 saturated carbocycles. The van der Waals surface area contributed by atoms with Crippen molar-refractivity contribution in [3.63, 3.8) is 0 Å². The van der Waals surface area contributed by atoms with Crippen molar-refractivity contribution >= 4 is 0 Å². The largest absolute Gasteiger partial charge is 0.445 e. The number of oxazole rings is 1. The third kappa shape index (κ3) is 3.70. The number of nitrogens with zero attached hydrogens (tertiary/aromatic N) is 2. The SMILES string of the molecule is Cc1cnc(CN2CCC(C(O)C(F)(F)F)CC2)o1. The number of halogens is 3. The zero-order chi connectivity index (χ0) is 14.0. The van der Waals surface area contributed by atoms with Crippen molar-refractivity contribution in [1.29, 1.82) is 0 Å². The first-order valence-electron chi connectivity index (χ1n) is 6.24. The van der Waals surface area contributed by atoms with Crippen molar-refractivity contribution in [2.24, 2.45) is 5.92 Å². The Hall–Kier alpha value is -1.08. The molecule has 0 aromatic carbocycles. The molecule has 2 heterocycles. The van der Waals surface area contributed by atoms with Gasteiger partial charge in [-0.15, -0.1) is 0 Å². The van der Waals surface area contributed by atoms with Crippen molar-refractivity contribution in [3.05, 3.63) is 17.8 Å². The zero-order valence-electron chi connectivity index (χ0n) is 10.7. The molecule has 108 valence electrons. The molecule has 19 heavy (non-hydrogen) atoms. The van der Waals surface area contributed by atoms with Gasteiger partial charge in [-0.25, -0.2) is 4.98 Å². The average molecular weight is 278 g/mol. The lowest BCUT2D eigenvalue weighted by Gasteiger charge is -2.34. The van der Waals surface area contributed by atoms with Gasteiger partial charge in [0, 0.05) is 0 Å². The second-order valence-corrected chi connectivity index (χ2v) is 4.96. The van der Waals surface area contributed by atoms with Crippen molar-refractivity contribution in [2.75, 3.05) is 13.1 Å². The number of hydrogen-bond acceptors (Lipinski definition) is 4. The number of aliphatic hydroxyl groups excluding tert-OH is 1. The predicted octanol–water partition coefficient (Wildman–Crippen LogP) is 2.12. The van der Waals surface area contributed by atoms with Crippen molar-refractivity contribution in [2.45, 2.75) is 38.6 Å². The molecule has 1 unspecified atom stereocenters. The number of piperidine rings is 1. The number of aryl methyl sites for hydroxylation is 1. The van der Waals surface area contributed by atoms with Crippen LogP contribution in [0.15, 0.2) is 10.6 Å². The fourth-order valence-corrected chi connectivity index (χ4v) is 2.36. The van der Waals surface area contributed by atoms with E-state index in [4.69, 9.17) is 4.42 Å². The van der Waals surface area contributed by atoms with E-state index in [1.807, 2.05) is 4.90 Å². The Morgan fingerprint density at radius 1 is 1.47 bits per heavy atom. The van der Waals surface area contributed by atoms with Gasteiger partial charge in [0.1, 0.15) is 5.76 Å². The lowest BCUT2D eigenvalue weighted by atomic mass is 9.91. The lowest BCUT2D eigenvalue weighted by molar-refractivity contribution is -0.223. The van der Waals surface area contributed by atoms with E-state index in [0.29, 0.717) is 38.4 Å². The van der Waals surface area contributed by atoms with Crippen LogP contribution in [0.4, 0.5) is 13.2 Å². The van der Waals surface area contributed by atoms with Crippen molar-refractivity contribution < 1.29 is 22.7 Å². The molecule has 0 amide bonds. The van der Waals surface area contributed by atoms with Crippen LogP contribution in [-0.4, -0.2) is 40.4 Å². The standard InChI is InChI=1S/C12H17F3N2O2/c1-8-6-16-10(19-8)7-17-4-2-9(3-5-17)11(18)12(13,14)15/h6,9,11,18H,2-5,7H2,1H3. The molecule has 1 aliphatic rings. The van der Waals surface area contributed by atoms with Crippen LogP contribution in [0.2, 0.25) is 0 Å². The summed E-state index contributed by atoms with van der Waals surface area (Å²) < 4.78 is 42.5. The highest BCUT2D eigenvalue weighted by molar-refractivity contribution is 4.91. The third-order valence-corrected chi connectivity index (χ3v) is 3.44. The van der Waals surface area contributed by atoms with Gasteiger partial charge in [-0.3, -0.25) is 4.90 Å². The minimum absolute atomic E-state index is 0.334. The summed E-state index contributed by atoms with van der Waals surface area (Å²) in [6, 6.07) is 0. The number of rotatable bonds is 3. The normalized spacial score (nSPS) is 20.7. The monoisotopic (exact) mass is 278 g/mol. The zero-order valence-corrected chi connectivity index (χ0v) is 10.7. The Kier molecular flexibility index (Phi) is 4.15. The molecule has 7 heteroatoms. The minimum Gasteiger partial charge on any atom is -0.445 e. The minimum atomic E-state index is -4.52. The van der Waals surface area contributed by atoms with Gasteiger partial charge in [-0.2, -0.15) is 13.2 Å². The van der Waals surface area contributed by atoms with Gasteiger partial charge < -0.3 is 9.52 Å². The van der Waals surface area contributed by atoms with E-state index in [1.165, 1.54) is 0 Å². The molecule has 1 atom stereocenters. The topological polar surface area (TPSA) is 49.5 Å². The molecule has 1 aromatic heterocycles. The van der Waals surface area contributed by atoms with Crippen LogP contribution in [-0.2, 0) is 6.54 Å². The first-order chi connectivity index (χ1) is 8.86. The average Bonchev–Trinajstić information content (AvgIpc) is 2.74. The summed E-state index contributed by atoms with van der Waals surface area (Å²) in [5, 5.41) is 9.22. The Morgan fingerprint density at radius 3 is 2.58 bits per heavy atom. The molecular weight excluding hydrogens is 261 g/mol. The summed E-state index contributed by atoms with van der Waals surface area (Å²) >= 11 is 0. The molecular formula is C12H17F3N2O2. The second-order valence-electron chi connectivity index (χ2n) is 4.96. The molecule has 1 saturated heterocycles. The van der Waals surface area contributed by atoms with E-state index >= 15 is 0 Å². The van der Waals surface area contributed by atoms with Crippen LogP contribution in [0, 0.1) is 12.8 Å². The van der Waals surface area contributed by atoms with Gasteiger partial charge in [-0.1, -0.05) is 0 Å². The van der Waals surface area contributed by atoms with Crippen LogP contribution in [0.5, 0.6) is 0 Å². The van der Waals surface area contributed by atoms with E-state index in [9.17, 15) is 18.3 Å². The summed E-state index contributed by atoms with van der Waals surface area (Å²) in [7, 11) is 0. The summed E-state index contributed by atoms with van der Waals surface area (Å²) in [6.07, 6.45) is -4.44. The summed E-state index contributed by atoms with van der Waals surface area (Å²) in [4.78, 5) is 6.06. The fourth-order valence-electron chi connectivity index (χ4n) is 2.36. The third-order valence-electron chi connectivity index (χ3n) is 3.44. The van der Waals surface area contributed by atoms with Gasteiger partial charge in [-0.05, 0) is 38.8 Å². The molecule has 0 radical (unpaired) electrons. The number of aliphatic hydroxyl groups is 1. The molecule has 1 aromatic rings. The van der Waals surface area contributed by atoms with Gasteiger partial charge >= 0.3 is 6.18 Å². The molecule has 0 bridgehead atoms. The Morgan fingerprint density at radius 2 is 2.11 bits per heavy atom. The van der Waals surface area contributed by atoms with E-state index in [-0.39, 0.29) is 0 Å². The predicted molar refractivity (Wildman–Crippen MR) is 61.3 cm³/mol. The van der Waals surface area contributed by atoms with Crippen LogP contribution in [0.1, 0.15) is 24.5 Å². The lowest BCUT2D eigenvalue weighted by Crippen LogP contribution is -2.43. The molecule has 0 spiro atoms. The molecule has 0 aliphatic carbocycles. The molecule has 1 N–H and O–H groups in total. The van der Waals surface area contributed by atoms with Crippen molar-refractivity contribution in [1.82, 2.24) is 9.88 Å². The highest BCUT2D eigenvalue weighted by Crippen LogP contribution is 2.31. The fraction of sp³-hybridized carbons (Fsp3) is 0.750. The highest BCUT2D eigenvalue weighted by atomic mass is 19.4. The van der Waals surface area contributed by atoms with Gasteiger partial charge in [0.25, 0.3) is 0 Å². The number of alkyl halides is 3. The maximum atomic E-state index is 12.4. The van der Waals surface area contributed by atoms with Crippen LogP contribution >= 0.6 is 0 Å². The van der Waals surface area contributed by atoms with Gasteiger partial charge in [0.15, 0.2) is 6.10 Å². The number of hydrogen-bond donors (Lipinski definition) is 1. The Balaban J connectivity index is 1.82. The highest BCUT2D eigenvalue weighted by Gasteiger charge is 2.44. The van der Waals surface area contributed by atoms with Crippen LogP contribution in [0.3, 0.4) is 0 Å². The van der Waals surface area contributed by atoms with E-state index < -0.39 is 18.2 Å². The molecule has 2 rings (SSSR count). The first-order valence-corrected chi connectivity index (χ1v) is 6.24. The number of aromatic nitrogens is 1. The van der Waals surface area contributed by atoms with Crippen LogP contribution in [0.25, 0.3) is 0 Å². The Labute approximate surface area is 109 Å². The number of likely N-dealkylation sites (tertiary alicyclic amines) is 1. The molecule has 1 aliphatic heterocycles. The van der Waals surface area contributed by atoms with E-state index in [0.717, 1.165) is 5.76 Å². The maximum Gasteiger partial charge on any atom is 0.414 e. The molecule has 4 nitrogen and oxygen atoms in total. The van der Waals surface area contributed by atoms with E-state index in [1.54, 1.807) is 13.1 Å². The first kappa shape index (κ1) is 14.3. The second kappa shape index (κ2) is 5.50. The summed E-state index contributed by atoms with van der Waals surface area (Å²) in [5.41, 5.74) is 0. The summed E-state index contributed by atoms with van der Waals surface area (Å²) in [6.45, 7) is 3.32. The van der Waals surface area contributed by atoms with Crippen molar-refractivity contribution in [3.8, 4) is 0 Å². The van der Waals surface area contributed by atoms with E-state index in [2.05, 4.69) is 4.98 Å². The molecule has 1 fully saturated rings.